The number of hydrogen-bond acceptors (Lipinski definition) is 7. The number of benzene rings is 2. The Morgan fingerprint density at radius 1 is 0.949 bits per heavy atom. The van der Waals surface area contributed by atoms with Crippen LogP contribution in [0.15, 0.2) is 60.7 Å². The van der Waals surface area contributed by atoms with Crippen LogP contribution in [0.4, 0.5) is 22.0 Å². The molecule has 0 aliphatic carbocycles. The monoisotopic (exact) mass is 553 g/mol. The van der Waals surface area contributed by atoms with E-state index >= 15 is 0 Å². The molecule has 0 unspecified atom stereocenters. The number of halogens is 1. The Bertz CT molecular complexity index is 1210. The predicted molar refractivity (Wildman–Crippen MR) is 155 cm³/mol. The standard InChI is InChI=1S/C29H36ClN5O4/c1-6-38-19-23(36)31-25-24(33-34-28(37)39-29(3,4)5)20(2)26(30)32-27(25)35(17-21-13-9-7-10-14-21)18-22-15-11-8-12-16-22/h7-16H,6,17-19H2,1-5H3,(H,31,36)(H,32,33)(H,34,37). The fourth-order valence-corrected chi connectivity index (χ4v) is 3.91. The van der Waals surface area contributed by atoms with Gasteiger partial charge in [-0.2, -0.15) is 0 Å². The van der Waals surface area contributed by atoms with Gasteiger partial charge in [0, 0.05) is 25.3 Å². The van der Waals surface area contributed by atoms with E-state index in [9.17, 15) is 9.59 Å². The summed E-state index contributed by atoms with van der Waals surface area (Å²) in [4.78, 5) is 32.0. The number of nitrogens with one attached hydrogen (secondary N) is 3. The van der Waals surface area contributed by atoms with E-state index in [0.717, 1.165) is 11.1 Å². The fraction of sp³-hybridized carbons (Fsp3) is 0.345. The molecule has 3 N–H and O–H groups in total. The average molecular weight is 554 g/mol. The van der Waals surface area contributed by atoms with Crippen molar-refractivity contribution in [1.82, 2.24) is 10.4 Å². The number of hydrazine groups is 1. The minimum atomic E-state index is -0.696. The summed E-state index contributed by atoms with van der Waals surface area (Å²) in [5.74, 6) is 0.0537. The van der Waals surface area contributed by atoms with Gasteiger partial charge in [0.15, 0.2) is 5.82 Å². The third-order valence-corrected chi connectivity index (χ3v) is 5.85. The van der Waals surface area contributed by atoms with Crippen LogP contribution >= 0.6 is 11.6 Å². The second-order valence-corrected chi connectivity index (χ2v) is 10.2. The van der Waals surface area contributed by atoms with Crippen molar-refractivity contribution >= 4 is 40.8 Å². The molecular weight excluding hydrogens is 518 g/mol. The Hall–Kier alpha value is -3.82. The molecule has 10 heteroatoms. The SMILES string of the molecule is CCOCC(=O)Nc1c(N(Cc2ccccc2)Cc2ccccc2)nc(Cl)c(C)c1NNC(=O)OC(C)(C)C. The fourth-order valence-electron chi connectivity index (χ4n) is 3.74. The molecule has 208 valence electrons. The summed E-state index contributed by atoms with van der Waals surface area (Å²) in [6, 6.07) is 19.8. The van der Waals surface area contributed by atoms with Crippen molar-refractivity contribution < 1.29 is 19.1 Å². The van der Waals surface area contributed by atoms with Crippen molar-refractivity contribution in [2.75, 3.05) is 28.9 Å². The minimum absolute atomic E-state index is 0.145. The molecule has 0 bridgehead atoms. The van der Waals surface area contributed by atoms with E-state index in [1.807, 2.05) is 72.5 Å². The van der Waals surface area contributed by atoms with Crippen LogP contribution in [-0.4, -0.2) is 35.8 Å². The molecule has 0 saturated carbocycles. The van der Waals surface area contributed by atoms with Gasteiger partial charge in [-0.25, -0.2) is 15.2 Å². The van der Waals surface area contributed by atoms with Crippen LogP contribution in [0.1, 0.15) is 44.4 Å². The Labute approximate surface area is 234 Å². The third-order valence-electron chi connectivity index (χ3n) is 5.48. The van der Waals surface area contributed by atoms with Gasteiger partial charge in [-0.05, 0) is 45.7 Å². The number of aromatic nitrogens is 1. The lowest BCUT2D eigenvalue weighted by atomic mass is 10.1. The molecule has 0 aliphatic rings. The molecule has 0 aliphatic heterocycles. The second-order valence-electron chi connectivity index (χ2n) is 9.87. The van der Waals surface area contributed by atoms with Crippen molar-refractivity contribution in [1.29, 1.82) is 0 Å². The Morgan fingerprint density at radius 2 is 1.51 bits per heavy atom. The minimum Gasteiger partial charge on any atom is -0.443 e. The van der Waals surface area contributed by atoms with Crippen molar-refractivity contribution in [2.24, 2.45) is 0 Å². The van der Waals surface area contributed by atoms with E-state index in [-0.39, 0.29) is 17.7 Å². The first-order valence-corrected chi connectivity index (χ1v) is 13.1. The lowest BCUT2D eigenvalue weighted by Crippen LogP contribution is -2.36. The topological polar surface area (TPSA) is 105 Å². The van der Waals surface area contributed by atoms with Gasteiger partial charge in [-0.3, -0.25) is 10.2 Å². The highest BCUT2D eigenvalue weighted by atomic mass is 35.5. The molecule has 1 heterocycles. The summed E-state index contributed by atoms with van der Waals surface area (Å²) in [6.07, 6.45) is -0.687. The van der Waals surface area contributed by atoms with Crippen molar-refractivity contribution in [3.63, 3.8) is 0 Å². The number of hydrogen-bond donors (Lipinski definition) is 3. The van der Waals surface area contributed by atoms with Gasteiger partial charge in [0.2, 0.25) is 0 Å². The van der Waals surface area contributed by atoms with E-state index in [2.05, 4.69) is 16.2 Å². The van der Waals surface area contributed by atoms with Crippen LogP contribution in [0.5, 0.6) is 0 Å². The molecule has 0 radical (unpaired) electrons. The number of rotatable bonds is 11. The highest BCUT2D eigenvalue weighted by Gasteiger charge is 2.24. The molecule has 2 aromatic carbocycles. The molecule has 0 spiro atoms. The Balaban J connectivity index is 2.09. The zero-order chi connectivity index (χ0) is 28.4. The quantitative estimate of drug-likeness (QED) is 0.195. The van der Waals surface area contributed by atoms with Crippen LogP contribution in [0, 0.1) is 6.92 Å². The van der Waals surface area contributed by atoms with E-state index in [4.69, 9.17) is 26.1 Å². The van der Waals surface area contributed by atoms with Gasteiger partial charge in [-0.15, -0.1) is 0 Å². The van der Waals surface area contributed by atoms with E-state index in [1.54, 1.807) is 27.7 Å². The normalized spacial score (nSPS) is 11.0. The Kier molecular flexibility index (Phi) is 10.5. The van der Waals surface area contributed by atoms with Gasteiger partial charge in [0.1, 0.15) is 23.0 Å². The number of pyridine rings is 1. The summed E-state index contributed by atoms with van der Waals surface area (Å²) in [7, 11) is 0. The first kappa shape index (κ1) is 29.7. The Morgan fingerprint density at radius 3 is 2.03 bits per heavy atom. The molecule has 2 amide bonds. The van der Waals surface area contributed by atoms with E-state index < -0.39 is 11.7 Å². The molecular formula is C29H36ClN5O4. The summed E-state index contributed by atoms with van der Waals surface area (Å²) in [5, 5.41) is 3.14. The predicted octanol–water partition coefficient (Wildman–Crippen LogP) is 6.08. The molecule has 0 fully saturated rings. The van der Waals surface area contributed by atoms with Gasteiger partial charge >= 0.3 is 6.09 Å². The smallest absolute Gasteiger partial charge is 0.426 e. The maximum atomic E-state index is 12.9. The highest BCUT2D eigenvalue weighted by molar-refractivity contribution is 6.31. The zero-order valence-electron chi connectivity index (χ0n) is 23.0. The highest BCUT2D eigenvalue weighted by Crippen LogP contribution is 2.39. The van der Waals surface area contributed by atoms with Crippen LogP contribution in [0.2, 0.25) is 5.15 Å². The number of amides is 2. The number of carbonyl (C=O) groups is 2. The largest absolute Gasteiger partial charge is 0.443 e. The molecule has 1 aromatic heterocycles. The van der Waals surface area contributed by atoms with Gasteiger partial charge in [0.05, 0.1) is 5.69 Å². The average Bonchev–Trinajstić information content (AvgIpc) is 2.89. The lowest BCUT2D eigenvalue weighted by molar-refractivity contribution is -0.120. The number of anilines is 3. The van der Waals surface area contributed by atoms with E-state index in [0.29, 0.717) is 42.5 Å². The van der Waals surface area contributed by atoms with E-state index in [1.165, 1.54) is 0 Å². The summed E-state index contributed by atoms with van der Waals surface area (Å²) >= 11 is 6.62. The van der Waals surface area contributed by atoms with Gasteiger partial charge in [-0.1, -0.05) is 72.3 Å². The second kappa shape index (κ2) is 13.8. The van der Waals surface area contributed by atoms with Crippen LogP contribution in [-0.2, 0) is 27.4 Å². The summed E-state index contributed by atoms with van der Waals surface area (Å²) in [5.41, 5.74) is 8.10. The van der Waals surface area contributed by atoms with Crippen LogP contribution in [0.25, 0.3) is 0 Å². The first-order chi connectivity index (χ1) is 18.6. The molecule has 0 saturated heterocycles. The van der Waals surface area contributed by atoms with Gasteiger partial charge in [0.25, 0.3) is 5.91 Å². The van der Waals surface area contributed by atoms with Crippen molar-refractivity contribution in [2.45, 2.75) is 53.3 Å². The lowest BCUT2D eigenvalue weighted by Gasteiger charge is -2.29. The molecule has 9 nitrogen and oxygen atoms in total. The first-order valence-electron chi connectivity index (χ1n) is 12.7. The third kappa shape index (κ3) is 9.15. The summed E-state index contributed by atoms with van der Waals surface area (Å²) in [6.45, 7) is 10.1. The number of ether oxygens (including phenoxy) is 2. The number of nitrogens with zero attached hydrogens (tertiary/aromatic N) is 2. The molecule has 3 rings (SSSR count). The molecule has 39 heavy (non-hydrogen) atoms. The maximum absolute atomic E-state index is 12.9. The zero-order valence-corrected chi connectivity index (χ0v) is 23.8. The molecule has 3 aromatic rings. The van der Waals surface area contributed by atoms with Crippen LogP contribution in [0.3, 0.4) is 0 Å². The summed E-state index contributed by atoms with van der Waals surface area (Å²) < 4.78 is 10.7. The molecule has 0 atom stereocenters. The van der Waals surface area contributed by atoms with Crippen LogP contribution < -0.4 is 21.1 Å². The van der Waals surface area contributed by atoms with Gasteiger partial charge < -0.3 is 19.7 Å². The maximum Gasteiger partial charge on any atom is 0.426 e. The van der Waals surface area contributed by atoms with Crippen molar-refractivity contribution in [3.05, 3.63) is 82.5 Å². The van der Waals surface area contributed by atoms with Crippen molar-refractivity contribution in [3.8, 4) is 0 Å². The number of carbonyl (C=O) groups excluding carboxylic acids is 2.